The molecule has 0 unspecified atom stereocenters. The van der Waals surface area contributed by atoms with Gasteiger partial charge in [-0.2, -0.15) is 0 Å². The van der Waals surface area contributed by atoms with Crippen molar-refractivity contribution in [3.8, 4) is 11.3 Å². The van der Waals surface area contributed by atoms with E-state index in [1.165, 1.54) is 11.8 Å². The van der Waals surface area contributed by atoms with Crippen molar-refractivity contribution in [2.24, 2.45) is 5.73 Å². The second-order valence-corrected chi connectivity index (χ2v) is 8.39. The van der Waals surface area contributed by atoms with Crippen LogP contribution in [0.5, 0.6) is 0 Å². The van der Waals surface area contributed by atoms with Crippen LogP contribution in [-0.2, 0) is 0 Å². The molecule has 0 saturated heterocycles. The molecule has 2 aromatic carbocycles. The normalized spacial score (nSPS) is 11.2. The van der Waals surface area contributed by atoms with Crippen LogP contribution in [0.25, 0.3) is 21.5 Å². The number of carbonyl (C=O) groups is 1. The summed E-state index contributed by atoms with van der Waals surface area (Å²) in [5, 5.41) is 3.27. The van der Waals surface area contributed by atoms with Gasteiger partial charge in [-0.15, -0.1) is 11.3 Å². The summed E-state index contributed by atoms with van der Waals surface area (Å²) in [4.78, 5) is 17.1. The molecule has 2 heterocycles. The number of rotatable bonds is 4. The third-order valence-electron chi connectivity index (χ3n) is 3.93. The van der Waals surface area contributed by atoms with Crippen LogP contribution < -0.4 is 5.73 Å². The van der Waals surface area contributed by atoms with Crippen LogP contribution in [0.3, 0.4) is 0 Å². The van der Waals surface area contributed by atoms with Crippen molar-refractivity contribution in [2.75, 3.05) is 0 Å². The van der Waals surface area contributed by atoms with Gasteiger partial charge in [0.05, 0.1) is 25.8 Å². The lowest BCUT2D eigenvalue weighted by Gasteiger charge is -2.09. The van der Waals surface area contributed by atoms with Gasteiger partial charge >= 0.3 is 0 Å². The predicted molar refractivity (Wildman–Crippen MR) is 111 cm³/mol. The SMILES string of the molecule is NC(=O)c1ccccc1-c1[nH]c2ccsc2c1Sc1cc(Cl)ccc1Cl. The summed E-state index contributed by atoms with van der Waals surface area (Å²) in [7, 11) is 0. The molecule has 0 saturated carbocycles. The van der Waals surface area contributed by atoms with Gasteiger partial charge in [-0.3, -0.25) is 4.79 Å². The molecule has 1 amide bonds. The van der Waals surface area contributed by atoms with Crippen LogP contribution in [0.15, 0.2) is 63.7 Å². The van der Waals surface area contributed by atoms with Crippen LogP contribution in [0.1, 0.15) is 10.4 Å². The molecule has 0 fully saturated rings. The third kappa shape index (κ3) is 3.12. The van der Waals surface area contributed by atoms with E-state index in [1.807, 2.05) is 29.6 Å². The molecule has 2 aromatic heterocycles. The quantitative estimate of drug-likeness (QED) is 0.399. The maximum Gasteiger partial charge on any atom is 0.249 e. The lowest BCUT2D eigenvalue weighted by molar-refractivity contribution is 0.100. The van der Waals surface area contributed by atoms with E-state index in [9.17, 15) is 4.79 Å². The first-order valence-corrected chi connectivity index (χ1v) is 10.1. The molecule has 3 N–H and O–H groups in total. The molecule has 130 valence electrons. The number of benzene rings is 2. The highest BCUT2D eigenvalue weighted by atomic mass is 35.5. The van der Waals surface area contributed by atoms with E-state index < -0.39 is 5.91 Å². The number of hydrogen-bond acceptors (Lipinski definition) is 3. The smallest absolute Gasteiger partial charge is 0.249 e. The molecule has 0 bridgehead atoms. The van der Waals surface area contributed by atoms with E-state index in [4.69, 9.17) is 28.9 Å². The number of fused-ring (bicyclic) bond motifs is 1. The number of halogens is 2. The number of primary amides is 1. The van der Waals surface area contributed by atoms with Crippen LogP contribution in [-0.4, -0.2) is 10.9 Å². The first-order chi connectivity index (χ1) is 12.5. The highest BCUT2D eigenvalue weighted by Crippen LogP contribution is 2.46. The first-order valence-electron chi connectivity index (χ1n) is 7.66. The van der Waals surface area contributed by atoms with Crippen molar-refractivity contribution in [3.63, 3.8) is 0 Å². The van der Waals surface area contributed by atoms with Crippen molar-refractivity contribution < 1.29 is 4.79 Å². The third-order valence-corrected chi connectivity index (χ3v) is 6.83. The number of aromatic amines is 1. The minimum atomic E-state index is -0.463. The molecule has 4 rings (SSSR count). The molecule has 0 atom stereocenters. The zero-order chi connectivity index (χ0) is 18.3. The second kappa shape index (κ2) is 7.00. The highest BCUT2D eigenvalue weighted by Gasteiger charge is 2.20. The van der Waals surface area contributed by atoms with Crippen molar-refractivity contribution >= 4 is 62.4 Å². The number of aromatic nitrogens is 1. The first kappa shape index (κ1) is 17.5. The fourth-order valence-electron chi connectivity index (χ4n) is 2.76. The summed E-state index contributed by atoms with van der Waals surface area (Å²) in [6, 6.07) is 14.7. The Morgan fingerprint density at radius 1 is 1.12 bits per heavy atom. The zero-order valence-electron chi connectivity index (χ0n) is 13.3. The maximum absolute atomic E-state index is 11.9. The van der Waals surface area contributed by atoms with Gasteiger partial charge in [0, 0.05) is 21.0 Å². The fraction of sp³-hybridized carbons (Fsp3) is 0. The van der Waals surface area contributed by atoms with Crippen LogP contribution in [0.2, 0.25) is 10.0 Å². The van der Waals surface area contributed by atoms with Crippen LogP contribution >= 0.6 is 46.3 Å². The molecule has 0 spiro atoms. The average Bonchev–Trinajstić information content (AvgIpc) is 3.20. The molecule has 0 aliphatic rings. The van der Waals surface area contributed by atoms with Gasteiger partial charge in [0.25, 0.3) is 0 Å². The van der Waals surface area contributed by atoms with Gasteiger partial charge < -0.3 is 10.7 Å². The number of thiophene rings is 1. The van der Waals surface area contributed by atoms with E-state index in [-0.39, 0.29) is 0 Å². The van der Waals surface area contributed by atoms with Crippen LogP contribution in [0.4, 0.5) is 0 Å². The highest BCUT2D eigenvalue weighted by molar-refractivity contribution is 8.00. The number of H-pyrrole nitrogens is 1. The standard InChI is InChI=1S/C19H12Cl2N2OS2/c20-10-5-6-13(21)15(9-10)26-18-16(23-14-7-8-25-17(14)18)11-3-1-2-4-12(11)19(22)24/h1-9,23H,(H2,22,24). The van der Waals surface area contributed by atoms with E-state index >= 15 is 0 Å². The molecule has 3 nitrogen and oxygen atoms in total. The Morgan fingerprint density at radius 3 is 2.73 bits per heavy atom. The zero-order valence-corrected chi connectivity index (χ0v) is 16.4. The molecule has 7 heteroatoms. The summed E-state index contributed by atoms with van der Waals surface area (Å²) in [5.41, 5.74) is 8.67. The predicted octanol–water partition coefficient (Wildman–Crippen LogP) is 6.45. The largest absolute Gasteiger partial charge is 0.366 e. The van der Waals surface area contributed by atoms with E-state index in [0.29, 0.717) is 15.6 Å². The molecule has 4 aromatic rings. The Hall–Kier alpha value is -1.92. The van der Waals surface area contributed by atoms with E-state index in [0.717, 1.165) is 31.3 Å². The molecule has 0 aliphatic carbocycles. The summed E-state index contributed by atoms with van der Waals surface area (Å²) in [6.45, 7) is 0. The number of hydrogen-bond donors (Lipinski definition) is 2. The Balaban J connectivity index is 1.92. The molecule has 0 aliphatic heterocycles. The van der Waals surface area contributed by atoms with Gasteiger partial charge in [-0.05, 0) is 35.7 Å². The molecular weight excluding hydrogens is 407 g/mol. The average molecular weight is 419 g/mol. The second-order valence-electron chi connectivity index (χ2n) is 5.58. The molecular formula is C19H12Cl2N2OS2. The van der Waals surface area contributed by atoms with Crippen molar-refractivity contribution in [3.05, 3.63) is 69.5 Å². The van der Waals surface area contributed by atoms with Gasteiger partial charge in [0.1, 0.15) is 0 Å². The maximum atomic E-state index is 11.9. The number of nitrogens with two attached hydrogens (primary N) is 1. The Labute approximate surface area is 168 Å². The van der Waals surface area contributed by atoms with Crippen molar-refractivity contribution in [2.45, 2.75) is 9.79 Å². The summed E-state index contributed by atoms with van der Waals surface area (Å²) < 4.78 is 1.10. The topological polar surface area (TPSA) is 58.9 Å². The summed E-state index contributed by atoms with van der Waals surface area (Å²) in [6.07, 6.45) is 0. The van der Waals surface area contributed by atoms with Crippen molar-refractivity contribution in [1.29, 1.82) is 0 Å². The minimum Gasteiger partial charge on any atom is -0.366 e. The fourth-order valence-corrected chi connectivity index (χ4v) is 5.33. The Bertz CT molecular complexity index is 1130. The lowest BCUT2D eigenvalue weighted by Crippen LogP contribution is -2.12. The number of nitrogens with one attached hydrogen (secondary N) is 1. The summed E-state index contributed by atoms with van der Waals surface area (Å²) >= 11 is 15.6. The van der Waals surface area contributed by atoms with Gasteiger partial charge in [0.15, 0.2) is 0 Å². The lowest BCUT2D eigenvalue weighted by atomic mass is 10.0. The Kier molecular flexibility index (Phi) is 4.71. The monoisotopic (exact) mass is 418 g/mol. The molecule has 26 heavy (non-hydrogen) atoms. The van der Waals surface area contributed by atoms with E-state index in [2.05, 4.69) is 4.98 Å². The molecule has 0 radical (unpaired) electrons. The van der Waals surface area contributed by atoms with Crippen LogP contribution in [0, 0.1) is 0 Å². The number of carbonyl (C=O) groups excluding carboxylic acids is 1. The van der Waals surface area contributed by atoms with Gasteiger partial charge in [0.2, 0.25) is 5.91 Å². The van der Waals surface area contributed by atoms with Gasteiger partial charge in [-0.1, -0.05) is 53.2 Å². The Morgan fingerprint density at radius 2 is 1.92 bits per heavy atom. The number of amides is 1. The van der Waals surface area contributed by atoms with Crippen molar-refractivity contribution in [1.82, 2.24) is 4.98 Å². The minimum absolute atomic E-state index is 0.463. The summed E-state index contributed by atoms with van der Waals surface area (Å²) in [5.74, 6) is -0.463. The van der Waals surface area contributed by atoms with E-state index in [1.54, 1.807) is 35.6 Å². The van der Waals surface area contributed by atoms with Gasteiger partial charge in [-0.25, -0.2) is 0 Å².